The van der Waals surface area contributed by atoms with Gasteiger partial charge in [-0.25, -0.2) is 14.9 Å². The van der Waals surface area contributed by atoms with Gasteiger partial charge in [0.25, 0.3) is 11.6 Å². The van der Waals surface area contributed by atoms with E-state index >= 15 is 0 Å². The minimum absolute atomic E-state index is 0.0362. The van der Waals surface area contributed by atoms with Crippen LogP contribution in [0.2, 0.25) is 0 Å². The van der Waals surface area contributed by atoms with Crippen LogP contribution in [0, 0.1) is 10.1 Å². The van der Waals surface area contributed by atoms with Gasteiger partial charge in [0.1, 0.15) is 11.6 Å². The molecule has 0 radical (unpaired) electrons. The predicted molar refractivity (Wildman–Crippen MR) is 97.8 cm³/mol. The lowest BCUT2D eigenvalue weighted by atomic mass is 10.2. The number of hydrogen-bond donors (Lipinski definition) is 0. The van der Waals surface area contributed by atoms with Crippen LogP contribution in [0.15, 0.2) is 79.1 Å². The number of rotatable bonds is 5. The highest BCUT2D eigenvalue weighted by atomic mass is 16.6. The summed E-state index contributed by atoms with van der Waals surface area (Å²) in [6, 6.07) is 16.5. The Labute approximate surface area is 149 Å². The maximum absolute atomic E-state index is 12.8. The summed E-state index contributed by atoms with van der Waals surface area (Å²) < 4.78 is 0. The van der Waals surface area contributed by atoms with E-state index in [1.165, 1.54) is 29.2 Å². The highest BCUT2D eigenvalue weighted by molar-refractivity contribution is 6.07. The average Bonchev–Trinajstić information content (AvgIpc) is 2.68. The summed E-state index contributed by atoms with van der Waals surface area (Å²) in [5.74, 6) is 0.494. The Morgan fingerprint density at radius 3 is 2.15 bits per heavy atom. The number of hydrogen-bond acceptors (Lipinski definition) is 5. The Hall–Kier alpha value is -3.87. The van der Waals surface area contributed by atoms with Crippen molar-refractivity contribution in [2.45, 2.75) is 0 Å². The number of aromatic nitrogens is 2. The first-order valence-corrected chi connectivity index (χ1v) is 7.74. The first-order chi connectivity index (χ1) is 12.6. The lowest BCUT2D eigenvalue weighted by Gasteiger charge is -2.18. The number of nitrogens with zero attached hydrogens (tertiary/aromatic N) is 4. The molecule has 26 heavy (non-hydrogen) atoms. The fraction of sp³-hybridized carbons (Fsp3) is 0. The molecular formula is C19H14N4O3. The van der Waals surface area contributed by atoms with Crippen LogP contribution in [0.1, 0.15) is 5.56 Å². The van der Waals surface area contributed by atoms with Crippen LogP contribution < -0.4 is 4.90 Å². The summed E-state index contributed by atoms with van der Waals surface area (Å²) in [5.41, 5.74) is 0.514. The van der Waals surface area contributed by atoms with Crippen molar-refractivity contribution in [1.29, 1.82) is 0 Å². The van der Waals surface area contributed by atoms with Gasteiger partial charge in [0, 0.05) is 30.6 Å². The molecule has 3 aromatic rings. The number of benzene rings is 1. The predicted octanol–water partition coefficient (Wildman–Crippen LogP) is 3.76. The van der Waals surface area contributed by atoms with E-state index in [0.717, 1.165) is 0 Å². The van der Waals surface area contributed by atoms with E-state index in [0.29, 0.717) is 17.2 Å². The minimum atomic E-state index is -0.479. The van der Waals surface area contributed by atoms with Gasteiger partial charge in [0.2, 0.25) is 0 Å². The molecule has 1 amide bonds. The summed E-state index contributed by atoms with van der Waals surface area (Å²) in [5, 5.41) is 10.9. The monoisotopic (exact) mass is 346 g/mol. The molecule has 0 aliphatic heterocycles. The Bertz CT molecular complexity index is 904. The van der Waals surface area contributed by atoms with Crippen molar-refractivity contribution in [3.63, 3.8) is 0 Å². The molecule has 2 heterocycles. The van der Waals surface area contributed by atoms with E-state index in [2.05, 4.69) is 9.97 Å². The molecule has 128 valence electrons. The molecule has 0 bridgehead atoms. The number of carbonyl (C=O) groups is 1. The molecule has 1 aromatic carbocycles. The van der Waals surface area contributed by atoms with Crippen molar-refractivity contribution in [1.82, 2.24) is 9.97 Å². The van der Waals surface area contributed by atoms with Gasteiger partial charge in [-0.1, -0.05) is 24.3 Å². The molecule has 2 aromatic heterocycles. The second kappa shape index (κ2) is 7.80. The van der Waals surface area contributed by atoms with Gasteiger partial charge in [-0.2, -0.15) is 0 Å². The quantitative estimate of drug-likeness (QED) is 0.399. The van der Waals surface area contributed by atoms with Gasteiger partial charge >= 0.3 is 0 Å². The van der Waals surface area contributed by atoms with E-state index in [9.17, 15) is 14.9 Å². The van der Waals surface area contributed by atoms with Crippen LogP contribution in [0.5, 0.6) is 0 Å². The van der Waals surface area contributed by atoms with Crippen molar-refractivity contribution in [2.75, 3.05) is 4.90 Å². The molecule has 3 rings (SSSR count). The second-order valence-corrected chi connectivity index (χ2v) is 5.23. The lowest BCUT2D eigenvalue weighted by molar-refractivity contribution is -0.384. The summed E-state index contributed by atoms with van der Waals surface area (Å²) in [7, 11) is 0. The summed E-state index contributed by atoms with van der Waals surface area (Å²) in [6.45, 7) is 0. The van der Waals surface area contributed by atoms with Gasteiger partial charge in [0.15, 0.2) is 0 Å². The zero-order chi connectivity index (χ0) is 18.4. The number of pyridine rings is 2. The third-order valence-corrected chi connectivity index (χ3v) is 3.48. The summed E-state index contributed by atoms with van der Waals surface area (Å²) >= 11 is 0. The Balaban J connectivity index is 1.91. The number of non-ortho nitro benzene ring substituents is 1. The molecule has 0 spiro atoms. The smallest absolute Gasteiger partial charge is 0.269 e. The molecule has 0 atom stereocenters. The molecule has 0 aliphatic carbocycles. The van der Waals surface area contributed by atoms with Crippen LogP contribution in [0.3, 0.4) is 0 Å². The number of carbonyl (C=O) groups excluding carboxylic acids is 1. The van der Waals surface area contributed by atoms with Crippen LogP contribution in [0.4, 0.5) is 17.3 Å². The van der Waals surface area contributed by atoms with Crippen LogP contribution >= 0.6 is 0 Å². The molecule has 0 unspecified atom stereocenters. The normalized spacial score (nSPS) is 10.6. The van der Waals surface area contributed by atoms with Crippen LogP contribution in [0.25, 0.3) is 6.08 Å². The number of nitro benzene ring substituents is 1. The highest BCUT2D eigenvalue weighted by Gasteiger charge is 2.17. The molecule has 7 nitrogen and oxygen atoms in total. The fourth-order valence-corrected chi connectivity index (χ4v) is 2.30. The summed E-state index contributed by atoms with van der Waals surface area (Å²) in [6.07, 6.45) is 6.03. The van der Waals surface area contributed by atoms with Crippen molar-refractivity contribution in [3.8, 4) is 0 Å². The highest BCUT2D eigenvalue weighted by Crippen LogP contribution is 2.22. The Morgan fingerprint density at radius 2 is 1.62 bits per heavy atom. The average molecular weight is 346 g/mol. The molecule has 7 heteroatoms. The molecule has 0 saturated carbocycles. The zero-order valence-electron chi connectivity index (χ0n) is 13.6. The van der Waals surface area contributed by atoms with Gasteiger partial charge in [0.05, 0.1) is 4.92 Å². The van der Waals surface area contributed by atoms with Crippen LogP contribution in [-0.2, 0) is 4.79 Å². The molecular weight excluding hydrogens is 332 g/mol. The van der Waals surface area contributed by atoms with E-state index in [1.54, 1.807) is 60.9 Å². The first kappa shape index (κ1) is 17.0. The fourth-order valence-electron chi connectivity index (χ4n) is 2.30. The maximum atomic E-state index is 12.8. The molecule has 0 fully saturated rings. The maximum Gasteiger partial charge on any atom is 0.270 e. The number of nitro groups is 1. The van der Waals surface area contributed by atoms with Gasteiger partial charge in [-0.3, -0.25) is 14.9 Å². The second-order valence-electron chi connectivity index (χ2n) is 5.23. The third kappa shape index (κ3) is 3.96. The van der Waals surface area contributed by atoms with Gasteiger partial charge in [-0.15, -0.1) is 0 Å². The SMILES string of the molecule is O=C(/C=C\c1cccc([N+](=O)[O-])c1)N(c1ccccn1)c1ccccn1. The van der Waals surface area contributed by atoms with Gasteiger partial charge < -0.3 is 0 Å². The standard InChI is InChI=1S/C19H14N4O3/c24-19(11-10-15-6-5-7-16(14-15)23(25)26)22(17-8-1-3-12-20-17)18-9-2-4-13-21-18/h1-14H/b11-10-. The number of amides is 1. The van der Waals surface area contributed by atoms with Crippen molar-refractivity contribution < 1.29 is 9.72 Å². The molecule has 0 saturated heterocycles. The largest absolute Gasteiger partial charge is 0.270 e. The van der Waals surface area contributed by atoms with E-state index in [-0.39, 0.29) is 11.6 Å². The molecule has 0 aliphatic rings. The molecule has 0 N–H and O–H groups in total. The van der Waals surface area contributed by atoms with E-state index < -0.39 is 4.92 Å². The van der Waals surface area contributed by atoms with Crippen LogP contribution in [-0.4, -0.2) is 20.8 Å². The van der Waals surface area contributed by atoms with Crippen molar-refractivity contribution in [3.05, 3.63) is 94.8 Å². The third-order valence-electron chi connectivity index (χ3n) is 3.48. The first-order valence-electron chi connectivity index (χ1n) is 7.74. The van der Waals surface area contributed by atoms with Gasteiger partial charge in [-0.05, 0) is 35.9 Å². The van der Waals surface area contributed by atoms with Crippen molar-refractivity contribution in [2.24, 2.45) is 0 Å². The Morgan fingerprint density at radius 1 is 0.962 bits per heavy atom. The van der Waals surface area contributed by atoms with Crippen molar-refractivity contribution >= 4 is 29.3 Å². The summed E-state index contributed by atoms with van der Waals surface area (Å²) in [4.78, 5) is 32.9. The number of anilines is 2. The lowest BCUT2D eigenvalue weighted by Crippen LogP contribution is -2.25. The van der Waals surface area contributed by atoms with E-state index in [1.807, 2.05) is 0 Å². The Kier molecular flexibility index (Phi) is 5.09. The van der Waals surface area contributed by atoms with E-state index in [4.69, 9.17) is 0 Å². The zero-order valence-corrected chi connectivity index (χ0v) is 13.6. The minimum Gasteiger partial charge on any atom is -0.269 e. The topological polar surface area (TPSA) is 89.2 Å².